The minimum absolute atomic E-state index is 0.300. The quantitative estimate of drug-likeness (QED) is 0.407. The highest BCUT2D eigenvalue weighted by Gasteiger charge is 2.20. The van der Waals surface area contributed by atoms with E-state index in [-0.39, 0.29) is 0 Å². The van der Waals surface area contributed by atoms with E-state index in [1.54, 1.807) is 24.3 Å². The van der Waals surface area contributed by atoms with Gasteiger partial charge in [0.15, 0.2) is 0 Å². The predicted octanol–water partition coefficient (Wildman–Crippen LogP) is 3.48. The van der Waals surface area contributed by atoms with Crippen molar-refractivity contribution in [3.8, 4) is 5.75 Å². The van der Waals surface area contributed by atoms with Gasteiger partial charge in [0.25, 0.3) is 11.9 Å². The van der Waals surface area contributed by atoms with Gasteiger partial charge in [-0.2, -0.15) is 27.6 Å². The van der Waals surface area contributed by atoms with Crippen molar-refractivity contribution in [2.45, 2.75) is 6.92 Å². The van der Waals surface area contributed by atoms with Crippen LogP contribution in [0, 0.1) is 23.5 Å². The molecule has 4 nitrogen and oxygen atoms in total. The smallest absolute Gasteiger partial charge is 0.254 e. The van der Waals surface area contributed by atoms with E-state index in [0.717, 1.165) is 0 Å². The second-order valence-electron chi connectivity index (χ2n) is 4.21. The molecule has 0 amide bonds. The molecule has 2 aromatic rings. The summed E-state index contributed by atoms with van der Waals surface area (Å²) in [6, 6.07) is 6.78. The van der Waals surface area contributed by atoms with Crippen molar-refractivity contribution in [2.75, 3.05) is 12.5 Å². The lowest BCUT2D eigenvalue weighted by Crippen LogP contribution is -2.08. The van der Waals surface area contributed by atoms with Crippen LogP contribution in [0.3, 0.4) is 0 Å². The number of rotatable bonds is 4. The van der Waals surface area contributed by atoms with Crippen molar-refractivity contribution >= 4 is 11.4 Å². The van der Waals surface area contributed by atoms with E-state index in [9.17, 15) is 17.6 Å². The van der Waals surface area contributed by atoms with Crippen molar-refractivity contribution < 1.29 is 22.3 Å². The number of pyridine rings is 1. The minimum atomic E-state index is -1.76. The van der Waals surface area contributed by atoms with Gasteiger partial charge < -0.3 is 4.74 Å². The van der Waals surface area contributed by atoms with Crippen molar-refractivity contribution in [1.82, 2.24) is 4.98 Å². The highest BCUT2D eigenvalue weighted by Crippen LogP contribution is 2.23. The van der Waals surface area contributed by atoms with Crippen molar-refractivity contribution in [3.05, 3.63) is 53.4 Å². The van der Waals surface area contributed by atoms with Crippen LogP contribution in [0.1, 0.15) is 12.5 Å². The maximum atomic E-state index is 13.4. The van der Waals surface area contributed by atoms with Crippen LogP contribution < -0.4 is 10.2 Å². The average Bonchev–Trinajstić information content (AvgIpc) is 2.52. The fraction of sp³-hybridized carbons (Fsp3) is 0.143. The lowest BCUT2D eigenvalue weighted by Gasteiger charge is -2.09. The Balaban J connectivity index is 2.36. The lowest BCUT2D eigenvalue weighted by molar-refractivity contribution is 0.410. The van der Waals surface area contributed by atoms with E-state index in [0.29, 0.717) is 17.0 Å². The van der Waals surface area contributed by atoms with Gasteiger partial charge in [0, 0.05) is 5.56 Å². The molecule has 0 aliphatic carbocycles. The number of nitrogens with one attached hydrogen (secondary N) is 1. The molecule has 2 rings (SSSR count). The molecule has 1 aromatic heterocycles. The van der Waals surface area contributed by atoms with E-state index >= 15 is 0 Å². The largest absolute Gasteiger partial charge is 0.496 e. The molecular weight excluding hydrogens is 302 g/mol. The van der Waals surface area contributed by atoms with Gasteiger partial charge in [-0.1, -0.05) is 12.1 Å². The van der Waals surface area contributed by atoms with Crippen LogP contribution in [0.15, 0.2) is 29.4 Å². The Hall–Kier alpha value is -2.64. The maximum Gasteiger partial charge on any atom is 0.254 e. The number of anilines is 1. The zero-order chi connectivity index (χ0) is 16.3. The second kappa shape index (κ2) is 6.42. The van der Waals surface area contributed by atoms with Crippen LogP contribution in [0.5, 0.6) is 5.75 Å². The molecule has 0 unspecified atom stereocenters. The van der Waals surface area contributed by atoms with Crippen LogP contribution >= 0.6 is 0 Å². The third-order valence-electron chi connectivity index (χ3n) is 2.83. The minimum Gasteiger partial charge on any atom is -0.496 e. The number of para-hydroxylation sites is 1. The molecular formula is C14H11F4N3O. The molecule has 0 aliphatic heterocycles. The summed E-state index contributed by atoms with van der Waals surface area (Å²) in [7, 11) is 1.45. The van der Waals surface area contributed by atoms with Gasteiger partial charge in [-0.25, -0.2) is 0 Å². The highest BCUT2D eigenvalue weighted by molar-refractivity contribution is 6.01. The van der Waals surface area contributed by atoms with Gasteiger partial charge in [-0.3, -0.25) is 5.43 Å². The Labute approximate surface area is 123 Å². The van der Waals surface area contributed by atoms with Gasteiger partial charge >= 0.3 is 0 Å². The number of ether oxygens (including phenoxy) is 1. The number of hydrazone groups is 1. The van der Waals surface area contributed by atoms with Gasteiger partial charge in [0.1, 0.15) is 11.4 Å². The zero-order valence-electron chi connectivity index (χ0n) is 11.6. The Morgan fingerprint density at radius 1 is 1.09 bits per heavy atom. The Kier molecular flexibility index (Phi) is 4.59. The number of nitrogens with zero attached hydrogens (tertiary/aromatic N) is 2. The number of aromatic nitrogens is 1. The number of halogens is 4. The molecule has 0 radical (unpaired) electrons. The zero-order valence-corrected chi connectivity index (χ0v) is 11.6. The van der Waals surface area contributed by atoms with Crippen molar-refractivity contribution in [2.24, 2.45) is 5.10 Å². The lowest BCUT2D eigenvalue weighted by atomic mass is 10.1. The van der Waals surface area contributed by atoms with E-state index in [1.807, 2.05) is 5.43 Å². The fourth-order valence-corrected chi connectivity index (χ4v) is 1.73. The van der Waals surface area contributed by atoms with Crippen LogP contribution in [-0.4, -0.2) is 17.8 Å². The van der Waals surface area contributed by atoms with Crippen LogP contribution in [0.25, 0.3) is 0 Å². The van der Waals surface area contributed by atoms with Crippen molar-refractivity contribution in [3.63, 3.8) is 0 Å². The normalized spacial score (nSPS) is 11.5. The van der Waals surface area contributed by atoms with E-state index < -0.39 is 29.2 Å². The number of benzene rings is 1. The molecule has 8 heteroatoms. The molecule has 22 heavy (non-hydrogen) atoms. The first-order chi connectivity index (χ1) is 10.5. The predicted molar refractivity (Wildman–Crippen MR) is 72.9 cm³/mol. The molecule has 0 aliphatic rings. The monoisotopic (exact) mass is 313 g/mol. The molecule has 0 atom stereocenters. The maximum absolute atomic E-state index is 13.4. The van der Waals surface area contributed by atoms with Crippen molar-refractivity contribution in [1.29, 1.82) is 0 Å². The number of hydrogen-bond acceptors (Lipinski definition) is 4. The van der Waals surface area contributed by atoms with Crippen LogP contribution in [0.4, 0.5) is 23.2 Å². The molecule has 1 heterocycles. The fourth-order valence-electron chi connectivity index (χ4n) is 1.73. The summed E-state index contributed by atoms with van der Waals surface area (Å²) in [6.07, 6.45) is 0. The Bertz CT molecular complexity index is 708. The number of methoxy groups -OCH3 is 1. The summed E-state index contributed by atoms with van der Waals surface area (Å²) < 4.78 is 58.0. The molecule has 0 saturated carbocycles. The molecule has 1 N–H and O–H groups in total. The molecule has 0 fully saturated rings. The topological polar surface area (TPSA) is 46.5 Å². The van der Waals surface area contributed by atoms with Crippen LogP contribution in [-0.2, 0) is 0 Å². The molecule has 0 spiro atoms. The first-order valence-electron chi connectivity index (χ1n) is 6.09. The van der Waals surface area contributed by atoms with E-state index in [1.165, 1.54) is 14.0 Å². The molecule has 1 aromatic carbocycles. The van der Waals surface area contributed by atoms with Gasteiger partial charge in [0.05, 0.1) is 12.8 Å². The van der Waals surface area contributed by atoms with Crippen LogP contribution in [0.2, 0.25) is 0 Å². The molecule has 116 valence electrons. The summed E-state index contributed by atoms with van der Waals surface area (Å²) in [4.78, 5) is 2.45. The summed E-state index contributed by atoms with van der Waals surface area (Å²) in [5, 5.41) is 3.72. The van der Waals surface area contributed by atoms with Gasteiger partial charge in [0.2, 0.25) is 11.6 Å². The standard InChI is InChI=1S/C14H11F4N3O/c1-7(8-5-3-4-6-9(8)22-2)20-21-12-10(15)13(17)19-14(18)11(12)16/h3-6H,1-2H3,(H,19,21)/b20-7-. The Morgan fingerprint density at radius 2 is 1.68 bits per heavy atom. The molecule has 0 saturated heterocycles. The van der Waals surface area contributed by atoms with E-state index in [2.05, 4.69) is 10.1 Å². The Morgan fingerprint density at radius 3 is 2.27 bits per heavy atom. The summed E-state index contributed by atoms with van der Waals surface area (Å²) in [5.74, 6) is -6.34. The summed E-state index contributed by atoms with van der Waals surface area (Å²) in [6.45, 7) is 1.54. The van der Waals surface area contributed by atoms with E-state index in [4.69, 9.17) is 4.74 Å². The van der Waals surface area contributed by atoms with Gasteiger partial charge in [-0.05, 0) is 19.1 Å². The average molecular weight is 313 g/mol. The first kappa shape index (κ1) is 15.7. The third kappa shape index (κ3) is 3.00. The second-order valence-corrected chi connectivity index (χ2v) is 4.21. The molecule has 0 bridgehead atoms. The highest BCUT2D eigenvalue weighted by atomic mass is 19.2. The summed E-state index contributed by atoms with van der Waals surface area (Å²) in [5.41, 5.74) is 1.77. The number of hydrogen-bond donors (Lipinski definition) is 1. The first-order valence-corrected chi connectivity index (χ1v) is 6.09. The summed E-state index contributed by atoms with van der Waals surface area (Å²) >= 11 is 0. The third-order valence-corrected chi connectivity index (χ3v) is 2.83. The SMILES string of the molecule is COc1ccccc1/C(C)=N\Nc1c(F)c(F)nc(F)c1F. The van der Waals surface area contributed by atoms with Gasteiger partial charge in [-0.15, -0.1) is 0 Å².